The summed E-state index contributed by atoms with van der Waals surface area (Å²) in [6.45, 7) is 5.30. The highest BCUT2D eigenvalue weighted by Crippen LogP contribution is 2.33. The summed E-state index contributed by atoms with van der Waals surface area (Å²) in [5.41, 5.74) is 0.194. The zero-order valence-corrected chi connectivity index (χ0v) is 26.9. The lowest BCUT2D eigenvalue weighted by Crippen LogP contribution is -2.43. The van der Waals surface area contributed by atoms with Crippen molar-refractivity contribution in [2.45, 2.75) is 38.0 Å². The van der Waals surface area contributed by atoms with Crippen LogP contribution in [0.5, 0.6) is 0 Å². The number of rotatable bonds is 7. The topological polar surface area (TPSA) is 132 Å². The van der Waals surface area contributed by atoms with Crippen molar-refractivity contribution in [3.8, 4) is 5.82 Å². The average molecular weight is 669 g/mol. The van der Waals surface area contributed by atoms with Crippen LogP contribution >= 0.6 is 23.2 Å². The Bertz CT molecular complexity index is 1820. The van der Waals surface area contributed by atoms with Crippen molar-refractivity contribution >= 4 is 71.4 Å². The molecule has 3 aromatic rings. The van der Waals surface area contributed by atoms with Crippen molar-refractivity contribution in [2.75, 3.05) is 40.3 Å². The molecule has 11 nitrogen and oxygen atoms in total. The van der Waals surface area contributed by atoms with Crippen molar-refractivity contribution in [1.82, 2.24) is 14.8 Å². The van der Waals surface area contributed by atoms with Crippen LogP contribution in [0.15, 0.2) is 64.8 Å². The summed E-state index contributed by atoms with van der Waals surface area (Å²) in [5, 5.41) is 8.77. The first-order valence-corrected chi connectivity index (χ1v) is 17.6. The summed E-state index contributed by atoms with van der Waals surface area (Å²) in [5.74, 6) is 0.568. The van der Waals surface area contributed by atoms with Crippen LogP contribution in [0, 0.1) is 0 Å². The average Bonchev–Trinajstić information content (AvgIpc) is 3.33. The molecule has 1 aliphatic heterocycles. The number of anilines is 2. The molecule has 3 heterocycles. The molecular formula is C28H31Cl2N5O6S2. The van der Waals surface area contributed by atoms with Gasteiger partial charge in [-0.05, 0) is 69.3 Å². The van der Waals surface area contributed by atoms with Gasteiger partial charge in [0.2, 0.25) is 10.0 Å². The maximum Gasteiger partial charge on any atom is 0.327 e. The van der Waals surface area contributed by atoms with E-state index in [4.69, 9.17) is 27.9 Å². The van der Waals surface area contributed by atoms with Crippen molar-refractivity contribution < 1.29 is 26.4 Å². The van der Waals surface area contributed by atoms with Crippen molar-refractivity contribution in [1.29, 1.82) is 0 Å². The molecule has 1 aliphatic carbocycles. The van der Waals surface area contributed by atoms with E-state index in [-0.39, 0.29) is 28.6 Å². The Kier molecular flexibility index (Phi) is 8.55. The minimum absolute atomic E-state index is 0.0193. The van der Waals surface area contributed by atoms with Crippen molar-refractivity contribution in [2.24, 2.45) is 0 Å². The molecule has 0 saturated carbocycles. The van der Waals surface area contributed by atoms with Gasteiger partial charge in [0.05, 0.1) is 22.7 Å². The lowest BCUT2D eigenvalue weighted by molar-refractivity contribution is -0.152. The molecule has 1 fully saturated rings. The minimum Gasteiger partial charge on any atom is -0.459 e. The second kappa shape index (κ2) is 11.8. The van der Waals surface area contributed by atoms with E-state index in [0.29, 0.717) is 35.1 Å². The second-order valence-electron chi connectivity index (χ2n) is 11.3. The van der Waals surface area contributed by atoms with Crippen LogP contribution in [-0.4, -0.2) is 79.6 Å². The summed E-state index contributed by atoms with van der Waals surface area (Å²) in [6.07, 6.45) is 4.71. The first kappa shape index (κ1) is 31.3. The minimum atomic E-state index is -4.16. The third-order valence-corrected chi connectivity index (χ3v) is 11.1. The Labute approximate surface area is 260 Å². The molecule has 0 N–H and O–H groups in total. The molecule has 2 aromatic heterocycles. The molecule has 5 rings (SSSR count). The number of allylic oxidation sites excluding steroid dienone is 3. The molecule has 0 amide bonds. The summed E-state index contributed by atoms with van der Waals surface area (Å²) in [6, 6.07) is 10.4. The molecule has 0 spiro atoms. The smallest absolute Gasteiger partial charge is 0.327 e. The van der Waals surface area contributed by atoms with Gasteiger partial charge in [-0.15, -0.1) is 10.2 Å². The molecule has 15 heteroatoms. The summed E-state index contributed by atoms with van der Waals surface area (Å²) in [4.78, 5) is 14.8. The van der Waals surface area contributed by atoms with Gasteiger partial charge < -0.3 is 9.64 Å². The standard InChI is InChI=1S/C28H31Cl2N5O6S2/c1-28(2,3)41-27(36)18-35(43(39,40)23-16-20(29)15-21(30)17-23)22-4-5-24-19(14-22)8-9-34(24)26-7-6-25(31-32-26)33-10-12-42(37,38)13-11-33/h4-9,14-16,23H,10-13,17-18H2,1-3H3. The number of carbonyl (C=O) groups is 1. The molecule has 43 heavy (non-hydrogen) atoms. The third kappa shape index (κ3) is 7.17. The number of nitrogens with zero attached hydrogens (tertiary/aromatic N) is 5. The van der Waals surface area contributed by atoms with Gasteiger partial charge in [-0.3, -0.25) is 13.7 Å². The lowest BCUT2D eigenvalue weighted by atomic mass is 10.2. The van der Waals surface area contributed by atoms with E-state index in [0.717, 1.165) is 9.82 Å². The number of fused-ring (bicyclic) bond motifs is 1. The molecule has 2 aliphatic rings. The zero-order valence-electron chi connectivity index (χ0n) is 23.8. The zero-order chi connectivity index (χ0) is 31.2. The van der Waals surface area contributed by atoms with E-state index in [2.05, 4.69) is 10.2 Å². The van der Waals surface area contributed by atoms with Gasteiger partial charge in [0.25, 0.3) is 0 Å². The Morgan fingerprint density at radius 2 is 1.74 bits per heavy atom. The number of benzene rings is 1. The van der Waals surface area contributed by atoms with Crippen LogP contribution in [-0.2, 0) is 29.4 Å². The number of halogens is 2. The molecule has 1 unspecified atom stereocenters. The highest BCUT2D eigenvalue weighted by atomic mass is 35.5. The molecule has 1 aromatic carbocycles. The van der Waals surface area contributed by atoms with Crippen LogP contribution in [0.4, 0.5) is 11.5 Å². The quantitative estimate of drug-likeness (QED) is 0.341. The summed E-state index contributed by atoms with van der Waals surface area (Å²) in [7, 11) is -7.17. The van der Waals surface area contributed by atoms with Gasteiger partial charge in [0.1, 0.15) is 17.4 Å². The second-order valence-corrected chi connectivity index (χ2v) is 16.6. The maximum atomic E-state index is 13.9. The number of esters is 1. The number of hydrogen-bond donors (Lipinski definition) is 0. The van der Waals surface area contributed by atoms with E-state index >= 15 is 0 Å². The van der Waals surface area contributed by atoms with Gasteiger partial charge in [-0.25, -0.2) is 16.8 Å². The first-order valence-electron chi connectivity index (χ1n) is 13.5. The van der Waals surface area contributed by atoms with Gasteiger partial charge in [-0.1, -0.05) is 23.2 Å². The van der Waals surface area contributed by atoms with E-state index in [1.54, 1.807) is 67.9 Å². The Balaban J connectivity index is 1.45. The highest BCUT2D eigenvalue weighted by Gasteiger charge is 2.35. The van der Waals surface area contributed by atoms with Crippen LogP contribution < -0.4 is 9.21 Å². The maximum absolute atomic E-state index is 13.9. The predicted molar refractivity (Wildman–Crippen MR) is 168 cm³/mol. The van der Waals surface area contributed by atoms with Gasteiger partial charge >= 0.3 is 5.97 Å². The fourth-order valence-corrected chi connectivity index (χ4v) is 8.62. The number of sulfonamides is 1. The van der Waals surface area contributed by atoms with Crippen LogP contribution in [0.1, 0.15) is 27.2 Å². The van der Waals surface area contributed by atoms with E-state index in [1.165, 1.54) is 12.2 Å². The number of hydrogen-bond acceptors (Lipinski definition) is 9. The fraction of sp³-hybridized carbons (Fsp3) is 0.393. The predicted octanol–water partition coefficient (Wildman–Crippen LogP) is 4.15. The Hall–Kier alpha value is -3.13. The molecular weight excluding hydrogens is 637 g/mol. The van der Waals surface area contributed by atoms with Gasteiger partial charge in [0.15, 0.2) is 21.5 Å². The molecule has 1 atom stereocenters. The lowest BCUT2D eigenvalue weighted by Gasteiger charge is -2.30. The molecule has 1 saturated heterocycles. The summed E-state index contributed by atoms with van der Waals surface area (Å²) < 4.78 is 59.6. The third-order valence-electron chi connectivity index (χ3n) is 6.93. The fourth-order valence-electron chi connectivity index (χ4n) is 4.90. The number of ether oxygens (including phenoxy) is 1. The van der Waals surface area contributed by atoms with E-state index < -0.39 is 43.2 Å². The molecule has 230 valence electrons. The Morgan fingerprint density at radius 1 is 1.07 bits per heavy atom. The van der Waals surface area contributed by atoms with E-state index in [9.17, 15) is 21.6 Å². The van der Waals surface area contributed by atoms with Crippen LogP contribution in [0.3, 0.4) is 0 Å². The number of carbonyl (C=O) groups excluding carboxylic acids is 1. The van der Waals surface area contributed by atoms with Gasteiger partial charge in [-0.2, -0.15) is 0 Å². The normalized spacial score (nSPS) is 19.1. The number of sulfone groups is 1. The Morgan fingerprint density at radius 3 is 2.37 bits per heavy atom. The molecule has 0 bridgehead atoms. The van der Waals surface area contributed by atoms with Crippen LogP contribution in [0.2, 0.25) is 0 Å². The van der Waals surface area contributed by atoms with E-state index in [1.807, 2.05) is 4.90 Å². The largest absolute Gasteiger partial charge is 0.459 e. The summed E-state index contributed by atoms with van der Waals surface area (Å²) >= 11 is 12.3. The SMILES string of the molecule is CC(C)(C)OC(=O)CN(c1ccc2c(ccn2-c2ccc(N3CCS(=O)(=O)CC3)nn2)c1)S(=O)(=O)C1C=C(Cl)C=C(Cl)C1. The molecule has 0 radical (unpaired) electrons. The van der Waals surface area contributed by atoms with Crippen LogP contribution in [0.25, 0.3) is 16.7 Å². The number of aromatic nitrogens is 3. The van der Waals surface area contributed by atoms with Gasteiger partial charge in [0, 0.05) is 41.2 Å². The first-order chi connectivity index (χ1) is 20.1. The highest BCUT2D eigenvalue weighted by molar-refractivity contribution is 7.93. The van der Waals surface area contributed by atoms with Crippen molar-refractivity contribution in [3.05, 3.63) is 64.8 Å². The monoisotopic (exact) mass is 667 g/mol. The van der Waals surface area contributed by atoms with Crippen molar-refractivity contribution in [3.63, 3.8) is 0 Å².